The average Bonchev–Trinajstić information content (AvgIpc) is 2.80. The molecular formula is C15H26N2S. The van der Waals surface area contributed by atoms with Crippen molar-refractivity contribution < 1.29 is 0 Å². The van der Waals surface area contributed by atoms with Crippen LogP contribution in [0.5, 0.6) is 0 Å². The number of nitrogens with one attached hydrogen (secondary N) is 1. The summed E-state index contributed by atoms with van der Waals surface area (Å²) in [6.45, 7) is 9.22. The maximum absolute atomic E-state index is 4.54. The first-order valence-corrected chi connectivity index (χ1v) is 8.02. The standard InChI is InChI=1S/C15H26N2S/c1-5-13-10-16-14(18-13)11(2)17-12-6-8-15(3,4)9-7-12/h10-12,17H,5-9H2,1-4H3. The molecule has 1 atom stereocenters. The summed E-state index contributed by atoms with van der Waals surface area (Å²) in [5.41, 5.74) is 0.554. The van der Waals surface area contributed by atoms with Gasteiger partial charge in [0.1, 0.15) is 5.01 Å². The Hall–Kier alpha value is -0.410. The van der Waals surface area contributed by atoms with Gasteiger partial charge in [0.25, 0.3) is 0 Å². The van der Waals surface area contributed by atoms with Crippen molar-refractivity contribution in [3.63, 3.8) is 0 Å². The molecule has 18 heavy (non-hydrogen) atoms. The van der Waals surface area contributed by atoms with Crippen molar-refractivity contribution in [1.29, 1.82) is 0 Å². The van der Waals surface area contributed by atoms with Crippen LogP contribution in [0.3, 0.4) is 0 Å². The highest BCUT2D eigenvalue weighted by Crippen LogP contribution is 2.35. The van der Waals surface area contributed by atoms with Gasteiger partial charge in [0, 0.05) is 17.1 Å². The van der Waals surface area contributed by atoms with Crippen molar-refractivity contribution >= 4 is 11.3 Å². The molecular weight excluding hydrogens is 240 g/mol. The van der Waals surface area contributed by atoms with E-state index in [0.29, 0.717) is 17.5 Å². The normalized spacial score (nSPS) is 22.0. The first-order valence-electron chi connectivity index (χ1n) is 7.21. The molecule has 0 bridgehead atoms. The molecule has 0 amide bonds. The second-order valence-electron chi connectivity index (χ2n) is 6.35. The van der Waals surface area contributed by atoms with Crippen LogP contribution in [-0.2, 0) is 6.42 Å². The molecule has 1 N–H and O–H groups in total. The third-order valence-corrected chi connectivity index (χ3v) is 5.44. The second kappa shape index (κ2) is 5.70. The van der Waals surface area contributed by atoms with E-state index in [1.165, 1.54) is 35.6 Å². The summed E-state index contributed by atoms with van der Waals surface area (Å²) >= 11 is 1.86. The highest BCUT2D eigenvalue weighted by Gasteiger charge is 2.27. The van der Waals surface area contributed by atoms with Crippen LogP contribution < -0.4 is 5.32 Å². The zero-order chi connectivity index (χ0) is 13.2. The summed E-state index contributed by atoms with van der Waals surface area (Å²) in [4.78, 5) is 5.93. The molecule has 1 saturated carbocycles. The molecule has 0 aromatic carbocycles. The topological polar surface area (TPSA) is 24.9 Å². The number of rotatable bonds is 4. The maximum atomic E-state index is 4.54. The van der Waals surface area contributed by atoms with Gasteiger partial charge in [0.05, 0.1) is 6.04 Å². The lowest BCUT2D eigenvalue weighted by atomic mass is 9.75. The van der Waals surface area contributed by atoms with E-state index >= 15 is 0 Å². The van der Waals surface area contributed by atoms with Crippen LogP contribution in [0.15, 0.2) is 6.20 Å². The second-order valence-corrected chi connectivity index (χ2v) is 7.49. The predicted octanol–water partition coefficient (Wildman–Crippen LogP) is 4.32. The van der Waals surface area contributed by atoms with Gasteiger partial charge in [0.2, 0.25) is 0 Å². The Balaban J connectivity index is 1.86. The lowest BCUT2D eigenvalue weighted by Gasteiger charge is -2.35. The van der Waals surface area contributed by atoms with Gasteiger partial charge in [-0.25, -0.2) is 4.98 Å². The Morgan fingerprint density at radius 2 is 2.11 bits per heavy atom. The number of aromatic nitrogens is 1. The van der Waals surface area contributed by atoms with Crippen molar-refractivity contribution in [3.05, 3.63) is 16.1 Å². The van der Waals surface area contributed by atoms with Crippen molar-refractivity contribution in [2.24, 2.45) is 5.41 Å². The number of hydrogen-bond donors (Lipinski definition) is 1. The highest BCUT2D eigenvalue weighted by atomic mass is 32.1. The Kier molecular flexibility index (Phi) is 4.44. The van der Waals surface area contributed by atoms with Crippen LogP contribution in [0.2, 0.25) is 0 Å². The summed E-state index contributed by atoms with van der Waals surface area (Å²) in [6, 6.07) is 1.09. The van der Waals surface area contributed by atoms with Gasteiger partial charge in [-0.15, -0.1) is 11.3 Å². The number of hydrogen-bond acceptors (Lipinski definition) is 3. The minimum atomic E-state index is 0.404. The fourth-order valence-electron chi connectivity index (χ4n) is 2.68. The Bertz CT molecular complexity index is 374. The molecule has 0 aliphatic heterocycles. The molecule has 1 heterocycles. The van der Waals surface area contributed by atoms with E-state index < -0.39 is 0 Å². The minimum Gasteiger partial charge on any atom is -0.305 e. The van der Waals surface area contributed by atoms with Crippen molar-refractivity contribution in [2.45, 2.75) is 71.9 Å². The molecule has 1 aromatic rings. The van der Waals surface area contributed by atoms with E-state index in [4.69, 9.17) is 0 Å². The molecule has 0 saturated heterocycles. The van der Waals surface area contributed by atoms with E-state index in [0.717, 1.165) is 6.42 Å². The van der Waals surface area contributed by atoms with Gasteiger partial charge < -0.3 is 5.32 Å². The lowest BCUT2D eigenvalue weighted by molar-refractivity contribution is 0.200. The van der Waals surface area contributed by atoms with Gasteiger partial charge in [-0.1, -0.05) is 20.8 Å². The monoisotopic (exact) mass is 266 g/mol. The zero-order valence-corrected chi connectivity index (χ0v) is 12.9. The molecule has 2 rings (SSSR count). The first-order chi connectivity index (χ1) is 8.50. The van der Waals surface area contributed by atoms with Crippen molar-refractivity contribution in [2.75, 3.05) is 0 Å². The molecule has 0 spiro atoms. The van der Waals surface area contributed by atoms with Gasteiger partial charge >= 0.3 is 0 Å². The largest absolute Gasteiger partial charge is 0.305 e. The van der Waals surface area contributed by atoms with Crippen LogP contribution >= 0.6 is 11.3 Å². The summed E-state index contributed by atoms with van der Waals surface area (Å²) in [6.07, 6.45) is 8.43. The quantitative estimate of drug-likeness (QED) is 0.877. The fraction of sp³-hybridized carbons (Fsp3) is 0.800. The maximum Gasteiger partial charge on any atom is 0.109 e. The molecule has 1 aromatic heterocycles. The third kappa shape index (κ3) is 3.55. The van der Waals surface area contributed by atoms with E-state index in [1.54, 1.807) is 0 Å². The smallest absolute Gasteiger partial charge is 0.109 e. The van der Waals surface area contributed by atoms with Gasteiger partial charge in [-0.05, 0) is 44.4 Å². The molecule has 1 aliphatic carbocycles. The molecule has 1 aliphatic rings. The fourth-order valence-corrected chi connectivity index (χ4v) is 3.55. The van der Waals surface area contributed by atoms with E-state index in [-0.39, 0.29) is 0 Å². The van der Waals surface area contributed by atoms with Crippen molar-refractivity contribution in [3.8, 4) is 0 Å². The highest BCUT2D eigenvalue weighted by molar-refractivity contribution is 7.11. The Morgan fingerprint density at radius 3 is 2.67 bits per heavy atom. The van der Waals surface area contributed by atoms with Crippen LogP contribution in [0.4, 0.5) is 0 Å². The first kappa shape index (κ1) is 14.0. The summed E-state index contributed by atoms with van der Waals surface area (Å²) < 4.78 is 0. The molecule has 2 nitrogen and oxygen atoms in total. The number of nitrogens with zero attached hydrogens (tertiary/aromatic N) is 1. The molecule has 102 valence electrons. The minimum absolute atomic E-state index is 0.404. The Morgan fingerprint density at radius 1 is 1.44 bits per heavy atom. The van der Waals surface area contributed by atoms with Gasteiger partial charge in [-0.3, -0.25) is 0 Å². The van der Waals surface area contributed by atoms with Crippen LogP contribution in [0.25, 0.3) is 0 Å². The van der Waals surface area contributed by atoms with E-state index in [2.05, 4.69) is 38.0 Å². The zero-order valence-electron chi connectivity index (χ0n) is 12.1. The lowest BCUT2D eigenvalue weighted by Crippen LogP contribution is -2.36. The van der Waals surface area contributed by atoms with Gasteiger partial charge in [-0.2, -0.15) is 0 Å². The van der Waals surface area contributed by atoms with Crippen molar-refractivity contribution in [1.82, 2.24) is 10.3 Å². The molecule has 1 fully saturated rings. The summed E-state index contributed by atoms with van der Waals surface area (Å²) in [7, 11) is 0. The van der Waals surface area contributed by atoms with E-state index in [9.17, 15) is 0 Å². The van der Waals surface area contributed by atoms with Gasteiger partial charge in [0.15, 0.2) is 0 Å². The van der Waals surface area contributed by atoms with Crippen LogP contribution in [0, 0.1) is 5.41 Å². The SMILES string of the molecule is CCc1cnc(C(C)NC2CCC(C)(C)CC2)s1. The summed E-state index contributed by atoms with van der Waals surface area (Å²) in [5.74, 6) is 0. The molecule has 1 unspecified atom stereocenters. The van der Waals surface area contributed by atoms with E-state index in [1.807, 2.05) is 17.5 Å². The summed E-state index contributed by atoms with van der Waals surface area (Å²) in [5, 5.41) is 5.01. The number of aryl methyl sites for hydroxylation is 1. The third-order valence-electron chi connectivity index (χ3n) is 4.12. The van der Waals surface area contributed by atoms with Crippen LogP contribution in [-0.4, -0.2) is 11.0 Å². The predicted molar refractivity (Wildman–Crippen MR) is 79.1 cm³/mol. The molecule has 0 radical (unpaired) electrons. The average molecular weight is 266 g/mol. The molecule has 3 heteroatoms. The number of thiazole rings is 1. The Labute approximate surface area is 115 Å². The van der Waals surface area contributed by atoms with Crippen LogP contribution in [0.1, 0.15) is 69.3 Å².